The summed E-state index contributed by atoms with van der Waals surface area (Å²) in [7, 11) is -3.49. The van der Waals surface area contributed by atoms with Crippen LogP contribution in [0.4, 0.5) is 0 Å². The maximum Gasteiger partial charge on any atom is 0.252 e. The molecule has 0 aliphatic carbocycles. The van der Waals surface area contributed by atoms with Crippen molar-refractivity contribution in [2.45, 2.75) is 10.6 Å². The average Bonchev–Trinajstić information content (AvgIpc) is 3.31. The average molecular weight is 475 g/mol. The van der Waals surface area contributed by atoms with Gasteiger partial charge in [0.05, 0.1) is 15.9 Å². The third-order valence-corrected chi connectivity index (χ3v) is 8.97. The second-order valence-electron chi connectivity index (χ2n) is 5.85. The van der Waals surface area contributed by atoms with Crippen molar-refractivity contribution in [2.75, 3.05) is 26.2 Å². The highest BCUT2D eigenvalue weighted by molar-refractivity contribution is 9.11. The minimum absolute atomic E-state index is 0.0216. The Kier molecular flexibility index (Phi) is 4.90. The van der Waals surface area contributed by atoms with Crippen molar-refractivity contribution in [1.29, 1.82) is 0 Å². The summed E-state index contributed by atoms with van der Waals surface area (Å²) in [5, 5.41) is 1.94. The fraction of sp³-hybridized carbons (Fsp3) is 0.333. The molecule has 26 heavy (non-hydrogen) atoms. The first-order chi connectivity index (χ1) is 12.4. The SMILES string of the molecule is O=C(Cc1cn2ccsc2n1)N1CCN(S(=O)(=O)c2ccc(Br)s2)CC1. The molecule has 0 saturated carbocycles. The maximum absolute atomic E-state index is 12.6. The van der Waals surface area contributed by atoms with Crippen LogP contribution in [0.2, 0.25) is 0 Å². The van der Waals surface area contributed by atoms with Crippen LogP contribution in [0.15, 0.2) is 37.9 Å². The van der Waals surface area contributed by atoms with Gasteiger partial charge in [0.2, 0.25) is 5.91 Å². The molecular weight excluding hydrogens is 460 g/mol. The Morgan fingerprint density at radius 2 is 2.00 bits per heavy atom. The molecule has 4 rings (SSSR count). The zero-order chi connectivity index (χ0) is 18.3. The van der Waals surface area contributed by atoms with E-state index in [2.05, 4.69) is 20.9 Å². The molecule has 3 aromatic rings. The largest absolute Gasteiger partial charge is 0.340 e. The Morgan fingerprint density at radius 3 is 2.65 bits per heavy atom. The standard InChI is InChI=1S/C15H15BrN4O3S3/c16-12-1-2-14(25-12)26(22,23)20-5-3-18(4-6-20)13(21)9-11-10-19-7-8-24-15(19)17-11/h1-2,7-8,10H,3-6,9H2. The van der Waals surface area contributed by atoms with E-state index in [1.54, 1.807) is 17.0 Å². The van der Waals surface area contributed by atoms with E-state index in [4.69, 9.17) is 0 Å². The van der Waals surface area contributed by atoms with Gasteiger partial charge in [-0.3, -0.25) is 9.20 Å². The van der Waals surface area contributed by atoms with Crippen molar-refractivity contribution in [3.63, 3.8) is 0 Å². The van der Waals surface area contributed by atoms with E-state index in [-0.39, 0.29) is 12.3 Å². The molecule has 138 valence electrons. The third kappa shape index (κ3) is 3.46. The quantitative estimate of drug-likeness (QED) is 0.581. The number of carbonyl (C=O) groups excluding carboxylic acids is 1. The first kappa shape index (κ1) is 18.1. The lowest BCUT2D eigenvalue weighted by Crippen LogP contribution is -2.50. The highest BCUT2D eigenvalue weighted by Crippen LogP contribution is 2.29. The summed E-state index contributed by atoms with van der Waals surface area (Å²) >= 11 is 6.02. The molecule has 0 N–H and O–H groups in total. The predicted molar refractivity (Wildman–Crippen MR) is 104 cm³/mol. The number of halogens is 1. The van der Waals surface area contributed by atoms with Crippen LogP contribution in [0.25, 0.3) is 4.96 Å². The first-order valence-electron chi connectivity index (χ1n) is 7.88. The number of piperazine rings is 1. The monoisotopic (exact) mass is 474 g/mol. The number of carbonyl (C=O) groups is 1. The number of hydrogen-bond donors (Lipinski definition) is 0. The van der Waals surface area contributed by atoms with Gasteiger partial charge in [0, 0.05) is 44.0 Å². The molecule has 1 aliphatic heterocycles. The van der Waals surface area contributed by atoms with Crippen LogP contribution < -0.4 is 0 Å². The summed E-state index contributed by atoms with van der Waals surface area (Å²) in [6.45, 7) is 1.41. The number of sulfonamides is 1. The molecule has 4 heterocycles. The van der Waals surface area contributed by atoms with Crippen LogP contribution in [0.1, 0.15) is 5.69 Å². The molecule has 7 nitrogen and oxygen atoms in total. The summed E-state index contributed by atoms with van der Waals surface area (Å²) in [5.74, 6) is -0.0216. The lowest BCUT2D eigenvalue weighted by molar-refractivity contribution is -0.131. The molecule has 11 heteroatoms. The van der Waals surface area contributed by atoms with Crippen molar-refractivity contribution >= 4 is 59.5 Å². The van der Waals surface area contributed by atoms with Crippen LogP contribution in [-0.2, 0) is 21.2 Å². The first-order valence-corrected chi connectivity index (χ1v) is 11.8. The number of imidazole rings is 1. The van der Waals surface area contributed by atoms with Gasteiger partial charge in [0.25, 0.3) is 10.0 Å². The lowest BCUT2D eigenvalue weighted by Gasteiger charge is -2.33. The number of thiophene rings is 1. The summed E-state index contributed by atoms with van der Waals surface area (Å²) in [5.41, 5.74) is 0.736. The van der Waals surface area contributed by atoms with Gasteiger partial charge in [-0.2, -0.15) is 4.31 Å². The van der Waals surface area contributed by atoms with E-state index in [9.17, 15) is 13.2 Å². The zero-order valence-electron chi connectivity index (χ0n) is 13.5. The Bertz CT molecular complexity index is 1020. The van der Waals surface area contributed by atoms with Crippen LogP contribution in [0.5, 0.6) is 0 Å². The van der Waals surface area contributed by atoms with Crippen LogP contribution in [0.3, 0.4) is 0 Å². The van der Waals surface area contributed by atoms with Crippen molar-refractivity contribution in [2.24, 2.45) is 0 Å². The Morgan fingerprint density at radius 1 is 1.23 bits per heavy atom. The van der Waals surface area contributed by atoms with Crippen molar-refractivity contribution < 1.29 is 13.2 Å². The molecule has 3 aromatic heterocycles. The Labute approximate surface area is 167 Å². The molecule has 1 aliphatic rings. The number of fused-ring (bicyclic) bond motifs is 1. The van der Waals surface area contributed by atoms with Gasteiger partial charge >= 0.3 is 0 Å². The van der Waals surface area contributed by atoms with Gasteiger partial charge in [-0.25, -0.2) is 13.4 Å². The number of hydrogen-bond acceptors (Lipinski definition) is 6. The molecule has 1 amide bonds. The fourth-order valence-electron chi connectivity index (χ4n) is 2.87. The van der Waals surface area contributed by atoms with Gasteiger partial charge < -0.3 is 4.90 Å². The molecule has 1 saturated heterocycles. The van der Waals surface area contributed by atoms with Crippen molar-refractivity contribution in [3.05, 3.63) is 39.4 Å². The lowest BCUT2D eigenvalue weighted by atomic mass is 10.2. The smallest absolute Gasteiger partial charge is 0.252 e. The van der Waals surface area contributed by atoms with Crippen LogP contribution >= 0.6 is 38.6 Å². The van der Waals surface area contributed by atoms with Crippen molar-refractivity contribution in [3.8, 4) is 0 Å². The summed E-state index contributed by atoms with van der Waals surface area (Å²) in [4.78, 5) is 19.5. The highest BCUT2D eigenvalue weighted by atomic mass is 79.9. The topological polar surface area (TPSA) is 75.0 Å². The molecule has 0 atom stereocenters. The van der Waals surface area contributed by atoms with E-state index < -0.39 is 10.0 Å². The highest BCUT2D eigenvalue weighted by Gasteiger charge is 2.31. The summed E-state index contributed by atoms with van der Waals surface area (Å²) in [6.07, 6.45) is 4.01. The van der Waals surface area contributed by atoms with Crippen molar-refractivity contribution in [1.82, 2.24) is 18.6 Å². The number of amides is 1. The number of aromatic nitrogens is 2. The predicted octanol–water partition coefficient (Wildman–Crippen LogP) is 2.30. The van der Waals surface area contributed by atoms with Crippen LogP contribution in [-0.4, -0.2) is 59.1 Å². The van der Waals surface area contributed by atoms with Crippen LogP contribution in [0, 0.1) is 0 Å². The van der Waals surface area contributed by atoms with E-state index in [1.165, 1.54) is 27.0 Å². The minimum Gasteiger partial charge on any atom is -0.340 e. The van der Waals surface area contributed by atoms with E-state index >= 15 is 0 Å². The second kappa shape index (κ2) is 7.04. The van der Waals surface area contributed by atoms with Gasteiger partial charge in [-0.15, -0.1) is 22.7 Å². The third-order valence-electron chi connectivity index (χ3n) is 4.21. The van der Waals surface area contributed by atoms with Gasteiger partial charge in [-0.1, -0.05) is 0 Å². The fourth-order valence-corrected chi connectivity index (χ4v) is 7.17. The van der Waals surface area contributed by atoms with Gasteiger partial charge in [-0.05, 0) is 28.1 Å². The molecule has 0 aromatic carbocycles. The molecule has 1 fully saturated rings. The van der Waals surface area contributed by atoms with E-state index in [0.717, 1.165) is 14.4 Å². The molecule has 0 spiro atoms. The minimum atomic E-state index is -3.49. The normalized spacial score (nSPS) is 16.4. The van der Waals surface area contributed by atoms with E-state index in [1.807, 2.05) is 22.2 Å². The molecule has 0 unspecified atom stereocenters. The molecular formula is C15H15BrN4O3S3. The summed E-state index contributed by atoms with van der Waals surface area (Å²) in [6, 6.07) is 3.33. The molecule has 0 bridgehead atoms. The number of nitrogens with zero attached hydrogens (tertiary/aromatic N) is 4. The molecule has 0 radical (unpaired) electrons. The number of rotatable bonds is 4. The second-order valence-corrected chi connectivity index (χ2v) is 11.3. The zero-order valence-corrected chi connectivity index (χ0v) is 17.6. The number of thiazole rings is 1. The Hall–Kier alpha value is -1.27. The van der Waals surface area contributed by atoms with Gasteiger partial charge in [0.15, 0.2) is 4.96 Å². The Balaban J connectivity index is 1.38. The van der Waals surface area contributed by atoms with Gasteiger partial charge in [0.1, 0.15) is 4.21 Å². The van der Waals surface area contributed by atoms with E-state index in [0.29, 0.717) is 30.4 Å². The maximum atomic E-state index is 12.6. The summed E-state index contributed by atoms with van der Waals surface area (Å²) < 4.78 is 29.7.